The molecule has 0 bridgehead atoms. The van der Waals surface area contributed by atoms with Gasteiger partial charge in [0.1, 0.15) is 48.8 Å². The maximum atomic E-state index is 12.9. The Morgan fingerprint density at radius 2 is 0.945 bits per heavy atom. The van der Waals surface area contributed by atoms with Crippen LogP contribution in [0, 0.1) is 57.2 Å². The van der Waals surface area contributed by atoms with Gasteiger partial charge in [0.2, 0.25) is 0 Å². The van der Waals surface area contributed by atoms with Gasteiger partial charge in [-0.1, -0.05) is 27.7 Å². The van der Waals surface area contributed by atoms with Gasteiger partial charge in [0.15, 0.2) is 25.2 Å². The van der Waals surface area contributed by atoms with Crippen molar-refractivity contribution in [2.45, 2.75) is 206 Å². The number of ether oxygens (including phenoxy) is 14. The van der Waals surface area contributed by atoms with Crippen LogP contribution < -0.4 is 0 Å². The first-order valence-electron chi connectivity index (χ1n) is 26.5. The number of rotatable bonds is 13. The molecule has 4 aliphatic carbocycles. The summed E-state index contributed by atoms with van der Waals surface area (Å²) in [4.78, 5) is 75.9. The Labute approximate surface area is 426 Å². The number of methoxy groups -OCH3 is 1. The lowest BCUT2D eigenvalue weighted by atomic mass is 9.41. The van der Waals surface area contributed by atoms with E-state index in [-0.39, 0.29) is 68.2 Å². The van der Waals surface area contributed by atoms with Crippen LogP contribution in [0.3, 0.4) is 0 Å². The van der Waals surface area contributed by atoms with Gasteiger partial charge in [-0.15, -0.1) is 0 Å². The molecule has 408 valence electrons. The second-order valence-corrected chi connectivity index (χ2v) is 23.7. The zero-order chi connectivity index (χ0) is 52.4. The summed E-state index contributed by atoms with van der Waals surface area (Å²) >= 11 is 0. The van der Waals surface area contributed by atoms with Crippen molar-refractivity contribution in [1.82, 2.24) is 0 Å². The molecule has 0 aromatic heterocycles. The van der Waals surface area contributed by atoms with E-state index in [4.69, 9.17) is 66.3 Å². The fraction of sp³-hybridized carbons (Fsp3) is 0.887. The van der Waals surface area contributed by atoms with Crippen LogP contribution in [0.25, 0.3) is 0 Å². The third-order valence-corrected chi connectivity index (χ3v) is 20.3. The summed E-state index contributed by atoms with van der Waals surface area (Å²) in [5.41, 5.74) is -5.50. The normalized spacial score (nSPS) is 49.9. The molecule has 0 unspecified atom stereocenters. The predicted octanol–water partition coefficient (Wildman–Crippen LogP) is 4.86. The standard InChI is InChI=1S/C53H76O20/c1-25-14-40(66-30(6)57)50(21-61-27(3)54)36(12-13-37(65-29(5)56)52(50)23-63-52)48(25,9)38-16-33-18-43(72-46(33)69-38)71-44-19-34-17-39(70-47(34)73-44)49(10)26(2)15-41(67-31(7)58)51(22-62-28(4)55)45(49)35(60-11)20-42(68-32(8)59)53(51)24-64-53/h25-26,33-47H,12-24H2,1-11H3/t25-,26-,33+,34+,35-,36-,37+,38+,39+,40+,41+,42+,43-,44+,45-,46+,47+,48+,49-,50+,51-,52-,53-/m1/s1. The van der Waals surface area contributed by atoms with E-state index in [9.17, 15) is 28.8 Å². The van der Waals surface area contributed by atoms with E-state index in [1.54, 1.807) is 7.11 Å². The van der Waals surface area contributed by atoms with Gasteiger partial charge < -0.3 is 66.3 Å². The second kappa shape index (κ2) is 18.9. The maximum absolute atomic E-state index is 12.9. The third-order valence-electron chi connectivity index (χ3n) is 20.3. The summed E-state index contributed by atoms with van der Waals surface area (Å²) in [5.74, 6) is -3.61. The molecule has 0 amide bonds. The van der Waals surface area contributed by atoms with Crippen LogP contribution in [0.5, 0.6) is 0 Å². The van der Waals surface area contributed by atoms with Gasteiger partial charge in [-0.3, -0.25) is 28.8 Å². The summed E-state index contributed by atoms with van der Waals surface area (Å²) in [7, 11) is 1.62. The highest BCUT2D eigenvalue weighted by Gasteiger charge is 2.83. The van der Waals surface area contributed by atoms with E-state index >= 15 is 0 Å². The highest BCUT2D eigenvalue weighted by molar-refractivity contribution is 5.69. The van der Waals surface area contributed by atoms with E-state index in [0.29, 0.717) is 57.8 Å². The lowest BCUT2D eigenvalue weighted by Gasteiger charge is -2.66. The third kappa shape index (κ3) is 8.26. The fourth-order valence-corrected chi connectivity index (χ4v) is 16.9. The lowest BCUT2D eigenvalue weighted by molar-refractivity contribution is -0.311. The van der Waals surface area contributed by atoms with Crippen LogP contribution in [0.1, 0.15) is 127 Å². The molecule has 10 aliphatic rings. The van der Waals surface area contributed by atoms with E-state index in [1.807, 2.05) is 0 Å². The molecule has 20 heteroatoms. The van der Waals surface area contributed by atoms with Crippen LogP contribution >= 0.6 is 0 Å². The first-order chi connectivity index (χ1) is 34.5. The molecular weight excluding hydrogens is 957 g/mol. The Kier molecular flexibility index (Phi) is 13.7. The number of carbonyl (C=O) groups excluding carboxylic acids is 6. The van der Waals surface area contributed by atoms with Crippen molar-refractivity contribution in [2.24, 2.45) is 57.2 Å². The van der Waals surface area contributed by atoms with Gasteiger partial charge in [-0.05, 0) is 56.3 Å². The average Bonchev–Trinajstić information content (AvgIpc) is 4.09. The molecule has 4 saturated carbocycles. The maximum Gasteiger partial charge on any atom is 0.303 e. The summed E-state index contributed by atoms with van der Waals surface area (Å²) in [6.45, 7) is 17.1. The van der Waals surface area contributed by atoms with E-state index < -0.39 is 130 Å². The molecule has 73 heavy (non-hydrogen) atoms. The minimum absolute atomic E-state index is 0.00171. The number of carbonyl (C=O) groups is 6. The number of hydrogen-bond donors (Lipinski definition) is 0. The van der Waals surface area contributed by atoms with Crippen LogP contribution in [-0.4, -0.2) is 148 Å². The van der Waals surface area contributed by atoms with Crippen molar-refractivity contribution in [3.8, 4) is 0 Å². The molecule has 0 aromatic rings. The monoisotopic (exact) mass is 1030 g/mol. The summed E-state index contributed by atoms with van der Waals surface area (Å²) in [5, 5.41) is 0. The first kappa shape index (κ1) is 52.9. The second-order valence-electron chi connectivity index (χ2n) is 23.7. The zero-order valence-corrected chi connectivity index (χ0v) is 44.2. The lowest BCUT2D eigenvalue weighted by Crippen LogP contribution is -2.75. The van der Waals surface area contributed by atoms with Crippen molar-refractivity contribution >= 4 is 35.8 Å². The van der Waals surface area contributed by atoms with Gasteiger partial charge in [0.05, 0.1) is 42.4 Å². The molecule has 6 saturated heterocycles. The Balaban J connectivity index is 0.833. The Morgan fingerprint density at radius 3 is 1.41 bits per heavy atom. The summed E-state index contributed by atoms with van der Waals surface area (Å²) in [6, 6.07) is 0. The Bertz CT molecular complexity index is 2170. The largest absolute Gasteiger partial charge is 0.465 e. The van der Waals surface area contributed by atoms with Gasteiger partial charge in [0.25, 0.3) is 0 Å². The predicted molar refractivity (Wildman–Crippen MR) is 247 cm³/mol. The molecule has 6 heterocycles. The topological polar surface area (TPSA) is 238 Å². The van der Waals surface area contributed by atoms with Gasteiger partial charge in [-0.25, -0.2) is 0 Å². The van der Waals surface area contributed by atoms with Gasteiger partial charge >= 0.3 is 35.8 Å². The summed E-state index contributed by atoms with van der Waals surface area (Å²) in [6.07, 6.45) is -1.53. The zero-order valence-electron chi connectivity index (χ0n) is 44.2. The van der Waals surface area contributed by atoms with E-state index in [0.717, 1.165) is 0 Å². The molecule has 10 fully saturated rings. The molecule has 23 atom stereocenters. The van der Waals surface area contributed by atoms with Crippen molar-refractivity contribution < 1.29 is 95.1 Å². The van der Waals surface area contributed by atoms with Crippen LogP contribution in [0.4, 0.5) is 0 Å². The van der Waals surface area contributed by atoms with Crippen LogP contribution in [0.15, 0.2) is 0 Å². The molecule has 0 aromatic carbocycles. The fourth-order valence-electron chi connectivity index (χ4n) is 16.9. The van der Waals surface area contributed by atoms with E-state index in [1.165, 1.54) is 41.5 Å². The Morgan fingerprint density at radius 1 is 0.507 bits per heavy atom. The smallest absolute Gasteiger partial charge is 0.303 e. The van der Waals surface area contributed by atoms with Gasteiger partial charge in [-0.2, -0.15) is 0 Å². The quantitative estimate of drug-likeness (QED) is 0.136. The molecule has 0 N–H and O–H groups in total. The highest BCUT2D eigenvalue weighted by Crippen LogP contribution is 2.73. The summed E-state index contributed by atoms with van der Waals surface area (Å²) < 4.78 is 88.7. The molecule has 6 aliphatic heterocycles. The van der Waals surface area contributed by atoms with Crippen molar-refractivity contribution in [3.05, 3.63) is 0 Å². The van der Waals surface area contributed by atoms with Crippen molar-refractivity contribution in [2.75, 3.05) is 33.5 Å². The SMILES string of the molecule is CO[C@@H]1C[C@H](OC(C)=O)[C@]2(CO2)[C@]2(COC(C)=O)[C@@H](OC(C)=O)C[C@@H](C)[C@](C)([C@@H]3C[C@H]4C[C@@H](O[C@H]5C[C@@H]6C[C@@H]([C@@]7(C)[C@H](C)C[C@H](OC(C)=O)[C@]8(COC(C)=O)[C@@H]7CC[C@H](OC(C)=O)[C@]87CO7)O[C@H]6O5)O[C@@H]4O3)[C@@H]12. The minimum atomic E-state index is -1.17. The van der Waals surface area contributed by atoms with Crippen molar-refractivity contribution in [3.63, 3.8) is 0 Å². The number of hydrogen-bond acceptors (Lipinski definition) is 20. The Hall–Kier alpha value is -3.50. The average molecular weight is 1030 g/mol. The minimum Gasteiger partial charge on any atom is -0.465 e. The molecular formula is C53H76O20. The molecule has 2 spiro atoms. The highest BCUT2D eigenvalue weighted by atomic mass is 16.8. The number of esters is 6. The van der Waals surface area contributed by atoms with Gasteiger partial charge in [0, 0.05) is 96.5 Å². The molecule has 0 radical (unpaired) electrons. The van der Waals surface area contributed by atoms with Crippen LogP contribution in [0.2, 0.25) is 0 Å². The molecule has 20 nitrogen and oxygen atoms in total. The van der Waals surface area contributed by atoms with Crippen molar-refractivity contribution in [1.29, 1.82) is 0 Å². The molecule has 10 rings (SSSR count). The number of epoxide rings is 2. The number of fused-ring (bicyclic) bond motifs is 6. The van der Waals surface area contributed by atoms with E-state index in [2.05, 4.69) is 27.7 Å². The van der Waals surface area contributed by atoms with Crippen LogP contribution in [-0.2, 0) is 95.1 Å². The first-order valence-corrected chi connectivity index (χ1v) is 26.5.